The van der Waals surface area contributed by atoms with E-state index >= 15 is 0 Å². The molecule has 0 aliphatic heterocycles. The summed E-state index contributed by atoms with van der Waals surface area (Å²) in [6, 6.07) is 2.09. The molecule has 10 heavy (non-hydrogen) atoms. The van der Waals surface area contributed by atoms with E-state index in [-0.39, 0.29) is 5.92 Å². The van der Waals surface area contributed by atoms with Gasteiger partial charge in [-0.25, -0.2) is 0 Å². The summed E-state index contributed by atoms with van der Waals surface area (Å²) in [7, 11) is 0. The second-order valence-electron chi connectivity index (χ2n) is 2.16. The van der Waals surface area contributed by atoms with Crippen LogP contribution in [0.2, 0.25) is 0 Å². The van der Waals surface area contributed by atoms with Crippen LogP contribution in [0.5, 0.6) is 0 Å². The maximum Gasteiger partial charge on any atom is 0.0701 e. The average Bonchev–Trinajstić information content (AvgIpc) is 1.95. The van der Waals surface area contributed by atoms with Gasteiger partial charge in [0.05, 0.1) is 12.0 Å². The molecule has 52 valence electrons. The van der Waals surface area contributed by atoms with Gasteiger partial charge in [-0.3, -0.25) is 0 Å². The average molecular weight is 155 g/mol. The summed E-state index contributed by atoms with van der Waals surface area (Å²) in [5.41, 5.74) is 6.02. The van der Waals surface area contributed by atoms with E-state index in [1.807, 2.05) is 0 Å². The number of hydrogen-bond acceptors (Lipinski definition) is 2. The molecule has 0 bridgehead atoms. The zero-order valence-electron chi connectivity index (χ0n) is 5.34. The fraction of sp³-hybridized carbons (Fsp3) is 0.286. The third-order valence-corrected chi connectivity index (χ3v) is 1.76. The normalized spacial score (nSPS) is 24.6. The predicted octanol–water partition coefficient (Wildman–Crippen LogP) is 1.50. The third-order valence-electron chi connectivity index (χ3n) is 1.39. The quantitative estimate of drug-likeness (QED) is 0.575. The Kier molecular flexibility index (Phi) is 1.98. The summed E-state index contributed by atoms with van der Waals surface area (Å²) < 4.78 is 0. The van der Waals surface area contributed by atoms with Gasteiger partial charge in [0.25, 0.3) is 0 Å². The van der Waals surface area contributed by atoms with Gasteiger partial charge < -0.3 is 5.73 Å². The lowest BCUT2D eigenvalue weighted by Gasteiger charge is -2.09. The Labute approximate surface area is 64.6 Å². The van der Waals surface area contributed by atoms with Crippen molar-refractivity contribution in [3.8, 4) is 6.07 Å². The molecule has 2 nitrogen and oxygen atoms in total. The van der Waals surface area contributed by atoms with Crippen LogP contribution < -0.4 is 5.73 Å². The molecule has 0 aromatic carbocycles. The van der Waals surface area contributed by atoms with E-state index in [0.717, 1.165) is 0 Å². The maximum absolute atomic E-state index is 8.47. The fourth-order valence-corrected chi connectivity index (χ4v) is 1.01. The second kappa shape index (κ2) is 2.76. The number of nitrogens with zero attached hydrogens (tertiary/aromatic N) is 1. The van der Waals surface area contributed by atoms with Crippen molar-refractivity contribution in [2.75, 3.05) is 0 Å². The summed E-state index contributed by atoms with van der Waals surface area (Å²) in [5, 5.41) is 9.06. The molecule has 0 fully saturated rings. The molecule has 0 amide bonds. The molecular weight excluding hydrogens is 148 g/mol. The van der Waals surface area contributed by atoms with Crippen molar-refractivity contribution < 1.29 is 0 Å². The Balaban J connectivity index is 2.76. The van der Waals surface area contributed by atoms with E-state index in [1.165, 1.54) is 0 Å². The first-order chi connectivity index (χ1) is 4.74. The first-order valence-corrected chi connectivity index (χ1v) is 3.34. The van der Waals surface area contributed by atoms with E-state index in [9.17, 15) is 0 Å². The van der Waals surface area contributed by atoms with Gasteiger partial charge in [-0.05, 0) is 6.08 Å². The molecular formula is C7H7ClN2. The third kappa shape index (κ3) is 1.31. The molecule has 0 heterocycles. The zero-order valence-corrected chi connectivity index (χ0v) is 6.10. The van der Waals surface area contributed by atoms with Gasteiger partial charge in [0.1, 0.15) is 0 Å². The molecule has 0 radical (unpaired) electrons. The Hall–Kier alpha value is -0.940. The SMILES string of the molecule is N#CC1C=CC(N)=C(Cl)C1. The summed E-state index contributed by atoms with van der Waals surface area (Å²) >= 11 is 5.69. The topological polar surface area (TPSA) is 49.8 Å². The van der Waals surface area contributed by atoms with Crippen LogP contribution in [-0.2, 0) is 0 Å². The molecule has 0 aromatic heterocycles. The molecule has 2 N–H and O–H groups in total. The number of rotatable bonds is 0. The standard InChI is InChI=1S/C7H7ClN2/c8-6-3-5(4-9)1-2-7(6)10/h1-2,5H,3,10H2. The minimum absolute atomic E-state index is 0.0974. The Bertz CT molecular complexity index is 234. The highest BCUT2D eigenvalue weighted by atomic mass is 35.5. The van der Waals surface area contributed by atoms with Gasteiger partial charge in [0, 0.05) is 17.2 Å². The summed E-state index contributed by atoms with van der Waals surface area (Å²) in [4.78, 5) is 0. The first kappa shape index (κ1) is 7.17. The molecule has 1 atom stereocenters. The molecule has 0 saturated carbocycles. The number of allylic oxidation sites excluding steroid dienone is 3. The minimum atomic E-state index is -0.0974. The maximum atomic E-state index is 8.47. The monoisotopic (exact) mass is 154 g/mol. The van der Waals surface area contributed by atoms with Crippen molar-refractivity contribution in [2.45, 2.75) is 6.42 Å². The van der Waals surface area contributed by atoms with E-state index in [1.54, 1.807) is 12.2 Å². The van der Waals surface area contributed by atoms with Crippen molar-refractivity contribution in [1.82, 2.24) is 0 Å². The molecule has 0 spiro atoms. The lowest BCUT2D eigenvalue weighted by Crippen LogP contribution is -2.05. The van der Waals surface area contributed by atoms with Crippen molar-refractivity contribution in [3.63, 3.8) is 0 Å². The van der Waals surface area contributed by atoms with Crippen molar-refractivity contribution in [3.05, 3.63) is 22.9 Å². The Morgan fingerprint density at radius 3 is 3.00 bits per heavy atom. The van der Waals surface area contributed by atoms with Gasteiger partial charge in [-0.1, -0.05) is 17.7 Å². The van der Waals surface area contributed by atoms with E-state index in [2.05, 4.69) is 6.07 Å². The molecule has 0 saturated heterocycles. The van der Waals surface area contributed by atoms with E-state index in [4.69, 9.17) is 22.6 Å². The largest absolute Gasteiger partial charge is 0.398 e. The van der Waals surface area contributed by atoms with Crippen molar-refractivity contribution in [1.29, 1.82) is 5.26 Å². The van der Waals surface area contributed by atoms with Crippen LogP contribution in [0.1, 0.15) is 6.42 Å². The molecule has 3 heteroatoms. The molecule has 1 aliphatic rings. The lowest BCUT2D eigenvalue weighted by atomic mass is 10.0. The number of halogens is 1. The highest BCUT2D eigenvalue weighted by Gasteiger charge is 2.11. The van der Waals surface area contributed by atoms with E-state index in [0.29, 0.717) is 17.2 Å². The predicted molar refractivity (Wildman–Crippen MR) is 39.9 cm³/mol. The molecule has 1 rings (SSSR count). The van der Waals surface area contributed by atoms with Crippen LogP contribution >= 0.6 is 11.6 Å². The van der Waals surface area contributed by atoms with Crippen LogP contribution in [0.25, 0.3) is 0 Å². The van der Waals surface area contributed by atoms with Crippen LogP contribution in [-0.4, -0.2) is 0 Å². The van der Waals surface area contributed by atoms with Crippen LogP contribution in [0.3, 0.4) is 0 Å². The van der Waals surface area contributed by atoms with Crippen LogP contribution in [0, 0.1) is 17.2 Å². The molecule has 0 aromatic rings. The second-order valence-corrected chi connectivity index (χ2v) is 2.62. The van der Waals surface area contributed by atoms with Gasteiger partial charge in [-0.2, -0.15) is 5.26 Å². The molecule has 1 aliphatic carbocycles. The van der Waals surface area contributed by atoms with Gasteiger partial charge in [0.15, 0.2) is 0 Å². The smallest absolute Gasteiger partial charge is 0.0701 e. The van der Waals surface area contributed by atoms with E-state index < -0.39 is 0 Å². The summed E-state index contributed by atoms with van der Waals surface area (Å²) in [5.74, 6) is -0.0974. The van der Waals surface area contributed by atoms with Crippen molar-refractivity contribution >= 4 is 11.6 Å². The van der Waals surface area contributed by atoms with Gasteiger partial charge >= 0.3 is 0 Å². The molecule has 1 unspecified atom stereocenters. The van der Waals surface area contributed by atoms with Crippen molar-refractivity contribution in [2.24, 2.45) is 11.7 Å². The van der Waals surface area contributed by atoms with Gasteiger partial charge in [-0.15, -0.1) is 0 Å². The summed E-state index contributed by atoms with van der Waals surface area (Å²) in [6.07, 6.45) is 4.00. The Morgan fingerprint density at radius 1 is 1.80 bits per heavy atom. The lowest BCUT2D eigenvalue weighted by molar-refractivity contribution is 0.814. The number of nitrogens with two attached hydrogens (primary N) is 1. The fourth-order valence-electron chi connectivity index (χ4n) is 0.778. The highest BCUT2D eigenvalue weighted by Crippen LogP contribution is 2.23. The van der Waals surface area contributed by atoms with Crippen LogP contribution in [0.15, 0.2) is 22.9 Å². The summed E-state index contributed by atoms with van der Waals surface area (Å²) in [6.45, 7) is 0. The minimum Gasteiger partial charge on any atom is -0.398 e. The number of nitriles is 1. The number of hydrogen-bond donors (Lipinski definition) is 1. The Morgan fingerprint density at radius 2 is 2.50 bits per heavy atom. The first-order valence-electron chi connectivity index (χ1n) is 2.96. The van der Waals surface area contributed by atoms with Gasteiger partial charge in [0.2, 0.25) is 0 Å². The zero-order chi connectivity index (χ0) is 7.56. The highest BCUT2D eigenvalue weighted by molar-refractivity contribution is 6.30. The van der Waals surface area contributed by atoms with Crippen LogP contribution in [0.4, 0.5) is 0 Å².